The molecule has 1 aliphatic rings. The average molecular weight is 186 g/mol. The molecule has 0 radical (unpaired) electrons. The van der Waals surface area contributed by atoms with E-state index in [0.29, 0.717) is 0 Å². The Bertz CT molecular complexity index is 154. The maximum Gasteiger partial charge on any atom is 0.327 e. The summed E-state index contributed by atoms with van der Waals surface area (Å²) in [5, 5.41) is 10.9. The van der Waals surface area contributed by atoms with E-state index in [1.54, 1.807) is 0 Å². The molecule has 76 valence electrons. The number of hydrogen-bond donors (Lipinski definition) is 2. The molecule has 13 heavy (non-hydrogen) atoms. The van der Waals surface area contributed by atoms with Gasteiger partial charge in [0.15, 0.2) is 0 Å². The van der Waals surface area contributed by atoms with Gasteiger partial charge in [0.05, 0.1) is 0 Å². The number of hydrogen-bond acceptors (Lipinski definition) is 3. The second-order valence-corrected chi connectivity index (χ2v) is 2.73. The highest BCUT2D eigenvalue weighted by molar-refractivity contribution is 5.78. The summed E-state index contributed by atoms with van der Waals surface area (Å²) in [6.45, 7) is 11.2. The maximum absolute atomic E-state index is 9.25. The van der Waals surface area contributed by atoms with Gasteiger partial charge < -0.3 is 15.3 Å². The van der Waals surface area contributed by atoms with Gasteiger partial charge in [-0.15, -0.1) is 0 Å². The Balaban J connectivity index is 0.000000252. The van der Waals surface area contributed by atoms with Crippen LogP contribution < -0.4 is 5.32 Å². The zero-order chi connectivity index (χ0) is 10.1. The molecule has 1 heterocycles. The molecule has 0 aliphatic carbocycles. The van der Waals surface area contributed by atoms with Crippen LogP contribution in [0.3, 0.4) is 0 Å². The van der Waals surface area contributed by atoms with Gasteiger partial charge in [-0.1, -0.05) is 13.5 Å². The van der Waals surface area contributed by atoms with Crippen LogP contribution in [0.5, 0.6) is 0 Å². The summed E-state index contributed by atoms with van der Waals surface area (Å²) in [5.41, 5.74) is 0. The van der Waals surface area contributed by atoms with E-state index in [-0.39, 0.29) is 0 Å². The first-order valence-corrected chi connectivity index (χ1v) is 4.49. The molecule has 4 heteroatoms. The van der Waals surface area contributed by atoms with Crippen molar-refractivity contribution in [2.24, 2.45) is 0 Å². The summed E-state index contributed by atoms with van der Waals surface area (Å²) in [6.07, 6.45) is 0.833. The zero-order valence-corrected chi connectivity index (χ0v) is 8.12. The van der Waals surface area contributed by atoms with E-state index in [1.807, 2.05) is 0 Å². The second-order valence-electron chi connectivity index (χ2n) is 2.73. The van der Waals surface area contributed by atoms with Gasteiger partial charge in [-0.2, -0.15) is 0 Å². The number of nitrogens with one attached hydrogen (secondary N) is 1. The van der Waals surface area contributed by atoms with Crippen LogP contribution in [0, 0.1) is 0 Å². The lowest BCUT2D eigenvalue weighted by Crippen LogP contribution is -2.43. The van der Waals surface area contributed by atoms with Crippen LogP contribution in [0.15, 0.2) is 12.7 Å². The Morgan fingerprint density at radius 3 is 2.31 bits per heavy atom. The van der Waals surface area contributed by atoms with Gasteiger partial charge in [-0.3, -0.25) is 0 Å². The van der Waals surface area contributed by atoms with Gasteiger partial charge in [-0.05, 0) is 6.54 Å². The second kappa shape index (κ2) is 7.76. The molecule has 1 saturated heterocycles. The topological polar surface area (TPSA) is 52.6 Å². The van der Waals surface area contributed by atoms with Crippen LogP contribution in [0.25, 0.3) is 0 Å². The summed E-state index contributed by atoms with van der Waals surface area (Å²) >= 11 is 0. The third-order valence-electron chi connectivity index (χ3n) is 1.83. The van der Waals surface area contributed by atoms with Crippen LogP contribution in [-0.2, 0) is 4.79 Å². The Kier molecular flexibility index (Phi) is 7.24. The van der Waals surface area contributed by atoms with Crippen molar-refractivity contribution in [2.75, 3.05) is 32.7 Å². The van der Waals surface area contributed by atoms with Crippen LogP contribution in [0.2, 0.25) is 0 Å². The Labute approximate surface area is 79.2 Å². The van der Waals surface area contributed by atoms with Crippen LogP contribution >= 0.6 is 0 Å². The number of carboxylic acid groups (broad SMARTS) is 1. The molecular weight excluding hydrogens is 168 g/mol. The highest BCUT2D eigenvalue weighted by atomic mass is 16.4. The average Bonchev–Trinajstić information content (AvgIpc) is 2.20. The molecule has 0 unspecified atom stereocenters. The van der Waals surface area contributed by atoms with Gasteiger partial charge >= 0.3 is 5.97 Å². The number of nitrogens with zero attached hydrogens (tertiary/aromatic N) is 1. The monoisotopic (exact) mass is 186 g/mol. The van der Waals surface area contributed by atoms with Crippen molar-refractivity contribution in [1.29, 1.82) is 0 Å². The van der Waals surface area contributed by atoms with Crippen molar-refractivity contribution in [1.82, 2.24) is 10.2 Å². The van der Waals surface area contributed by atoms with E-state index in [2.05, 4.69) is 23.7 Å². The van der Waals surface area contributed by atoms with E-state index >= 15 is 0 Å². The molecule has 0 bridgehead atoms. The molecule has 2 N–H and O–H groups in total. The molecule has 0 amide bonds. The van der Waals surface area contributed by atoms with Gasteiger partial charge in [0.2, 0.25) is 0 Å². The van der Waals surface area contributed by atoms with Crippen LogP contribution in [0.4, 0.5) is 0 Å². The molecular formula is C9H18N2O2. The number of carbonyl (C=O) groups is 1. The van der Waals surface area contributed by atoms with Crippen LogP contribution in [-0.4, -0.2) is 48.7 Å². The van der Waals surface area contributed by atoms with E-state index in [4.69, 9.17) is 5.11 Å². The molecule has 0 saturated carbocycles. The molecule has 1 fully saturated rings. The minimum Gasteiger partial charge on any atom is -0.478 e. The Morgan fingerprint density at radius 1 is 1.62 bits per heavy atom. The van der Waals surface area contributed by atoms with Crippen LogP contribution in [0.1, 0.15) is 6.92 Å². The normalized spacial score (nSPS) is 17.0. The fourth-order valence-corrected chi connectivity index (χ4v) is 1.03. The minimum atomic E-state index is -0.981. The smallest absolute Gasteiger partial charge is 0.327 e. The van der Waals surface area contributed by atoms with Crippen molar-refractivity contribution in [3.05, 3.63) is 12.7 Å². The van der Waals surface area contributed by atoms with Crippen molar-refractivity contribution in [3.8, 4) is 0 Å². The highest BCUT2D eigenvalue weighted by Gasteiger charge is 2.04. The lowest BCUT2D eigenvalue weighted by atomic mass is 10.4. The lowest BCUT2D eigenvalue weighted by Gasteiger charge is -2.25. The molecule has 0 aromatic rings. The van der Waals surface area contributed by atoms with Crippen molar-refractivity contribution < 1.29 is 9.90 Å². The van der Waals surface area contributed by atoms with Gasteiger partial charge in [0.1, 0.15) is 0 Å². The predicted molar refractivity (Wildman–Crippen MR) is 52.8 cm³/mol. The quantitative estimate of drug-likeness (QED) is 0.604. The van der Waals surface area contributed by atoms with Gasteiger partial charge in [0.25, 0.3) is 0 Å². The fourth-order valence-electron chi connectivity index (χ4n) is 1.03. The molecule has 0 aromatic carbocycles. The summed E-state index contributed by atoms with van der Waals surface area (Å²) in [7, 11) is 0. The summed E-state index contributed by atoms with van der Waals surface area (Å²) in [6, 6.07) is 0. The van der Waals surface area contributed by atoms with E-state index in [1.165, 1.54) is 32.7 Å². The number of rotatable bonds is 2. The summed E-state index contributed by atoms with van der Waals surface area (Å²) < 4.78 is 0. The van der Waals surface area contributed by atoms with Crippen molar-refractivity contribution in [2.45, 2.75) is 6.92 Å². The van der Waals surface area contributed by atoms with E-state index in [0.717, 1.165) is 6.08 Å². The SMILES string of the molecule is C=CC(=O)O.CCN1CCNCC1. The summed E-state index contributed by atoms with van der Waals surface area (Å²) in [5.74, 6) is -0.981. The van der Waals surface area contributed by atoms with Gasteiger partial charge in [-0.25, -0.2) is 4.79 Å². The molecule has 0 atom stereocenters. The molecule has 0 aromatic heterocycles. The minimum absolute atomic E-state index is 0.833. The standard InChI is InChI=1S/C6H14N2.C3H4O2/c1-2-8-5-3-7-4-6-8;1-2-3(4)5/h7H,2-6H2,1H3;2H,1H2,(H,4,5). The maximum atomic E-state index is 9.25. The number of likely N-dealkylation sites (N-methyl/N-ethyl adjacent to an activating group) is 1. The highest BCUT2D eigenvalue weighted by Crippen LogP contribution is 1.88. The lowest BCUT2D eigenvalue weighted by molar-refractivity contribution is -0.131. The molecule has 0 spiro atoms. The first-order chi connectivity index (χ1) is 6.20. The Hall–Kier alpha value is -0.870. The molecule has 1 rings (SSSR count). The van der Waals surface area contributed by atoms with Gasteiger partial charge in [0, 0.05) is 32.3 Å². The number of piperazine rings is 1. The number of carboxylic acids is 1. The van der Waals surface area contributed by atoms with E-state index in [9.17, 15) is 4.79 Å². The Morgan fingerprint density at radius 2 is 2.08 bits per heavy atom. The first kappa shape index (κ1) is 12.1. The third kappa shape index (κ3) is 7.49. The van der Waals surface area contributed by atoms with Crippen molar-refractivity contribution >= 4 is 5.97 Å². The zero-order valence-electron chi connectivity index (χ0n) is 8.12. The molecule has 1 aliphatic heterocycles. The fraction of sp³-hybridized carbons (Fsp3) is 0.667. The largest absolute Gasteiger partial charge is 0.478 e. The van der Waals surface area contributed by atoms with Crippen molar-refractivity contribution in [3.63, 3.8) is 0 Å². The first-order valence-electron chi connectivity index (χ1n) is 4.49. The summed E-state index contributed by atoms with van der Waals surface area (Å²) in [4.78, 5) is 11.7. The van der Waals surface area contributed by atoms with E-state index < -0.39 is 5.97 Å². The predicted octanol–water partition coefficient (Wildman–Crippen LogP) is 0.169. The number of aliphatic carboxylic acids is 1. The third-order valence-corrected chi connectivity index (χ3v) is 1.83. The molecule has 4 nitrogen and oxygen atoms in total.